The minimum atomic E-state index is -0.207. The van der Waals surface area contributed by atoms with Crippen LogP contribution in [0.25, 0.3) is 0 Å². The molecule has 0 spiro atoms. The zero-order chi connectivity index (χ0) is 22.7. The van der Waals surface area contributed by atoms with E-state index in [9.17, 15) is 9.59 Å². The Kier molecular flexibility index (Phi) is 4.50. The molecule has 2 amide bonds. The zero-order valence-electron chi connectivity index (χ0n) is 18.6. The molecule has 6 heteroatoms. The van der Waals surface area contributed by atoms with Gasteiger partial charge in [0.15, 0.2) is 0 Å². The number of imide groups is 1. The molecule has 2 bridgehead atoms. The van der Waals surface area contributed by atoms with Crippen LogP contribution in [0.4, 0.5) is 5.69 Å². The van der Waals surface area contributed by atoms with Gasteiger partial charge in [-0.25, -0.2) is 4.90 Å². The lowest BCUT2D eigenvalue weighted by Crippen LogP contribution is -2.33. The number of carbonyl (C=O) groups excluding carboxylic acids is 2. The van der Waals surface area contributed by atoms with Crippen LogP contribution in [-0.4, -0.2) is 21.6 Å². The van der Waals surface area contributed by atoms with E-state index in [2.05, 4.69) is 12.2 Å². The van der Waals surface area contributed by atoms with Gasteiger partial charge < -0.3 is 4.74 Å². The number of anilines is 1. The summed E-state index contributed by atoms with van der Waals surface area (Å²) in [5.41, 5.74) is 3.20. The molecule has 3 aromatic rings. The van der Waals surface area contributed by atoms with Gasteiger partial charge in [0.2, 0.25) is 11.8 Å². The first kappa shape index (κ1) is 20.0. The number of benzene rings is 2. The second kappa shape index (κ2) is 7.44. The van der Waals surface area contributed by atoms with Crippen LogP contribution in [0.5, 0.6) is 11.5 Å². The maximum absolute atomic E-state index is 13.3. The Morgan fingerprint density at radius 1 is 0.909 bits per heavy atom. The van der Waals surface area contributed by atoms with Crippen LogP contribution in [0.15, 0.2) is 66.7 Å². The number of carbonyl (C=O) groups is 2. The van der Waals surface area contributed by atoms with Crippen molar-refractivity contribution in [2.24, 2.45) is 23.7 Å². The van der Waals surface area contributed by atoms with Gasteiger partial charge >= 0.3 is 0 Å². The quantitative estimate of drug-likeness (QED) is 0.429. The fourth-order valence-electron chi connectivity index (χ4n) is 5.79. The number of fused-ring (bicyclic) bond motifs is 5. The Hall–Kier alpha value is -3.67. The third-order valence-corrected chi connectivity index (χ3v) is 7.25. The molecule has 6 nitrogen and oxygen atoms in total. The Bertz CT molecular complexity index is 1260. The molecule has 1 saturated carbocycles. The summed E-state index contributed by atoms with van der Waals surface area (Å²) in [6.07, 6.45) is 5.17. The molecule has 2 heterocycles. The molecule has 3 aliphatic rings. The lowest BCUT2D eigenvalue weighted by Gasteiger charge is -2.18. The van der Waals surface area contributed by atoms with Crippen molar-refractivity contribution in [2.75, 3.05) is 4.90 Å². The van der Waals surface area contributed by atoms with Gasteiger partial charge in [0.1, 0.15) is 11.5 Å². The number of aromatic nitrogens is 2. The summed E-state index contributed by atoms with van der Waals surface area (Å²) < 4.78 is 7.83. The summed E-state index contributed by atoms with van der Waals surface area (Å²) in [6.45, 7) is 4.32. The summed E-state index contributed by atoms with van der Waals surface area (Å²) in [4.78, 5) is 28.0. The van der Waals surface area contributed by atoms with Crippen molar-refractivity contribution in [3.8, 4) is 11.5 Å². The van der Waals surface area contributed by atoms with Crippen LogP contribution in [0.2, 0.25) is 0 Å². The molecule has 0 radical (unpaired) electrons. The van der Waals surface area contributed by atoms with Crippen LogP contribution >= 0.6 is 0 Å². The van der Waals surface area contributed by atoms with Gasteiger partial charge in [-0.15, -0.1) is 0 Å². The molecule has 1 aromatic heterocycles. The van der Waals surface area contributed by atoms with Gasteiger partial charge in [0, 0.05) is 0 Å². The van der Waals surface area contributed by atoms with Crippen molar-refractivity contribution in [3.05, 3.63) is 83.7 Å². The molecule has 2 aromatic carbocycles. The van der Waals surface area contributed by atoms with E-state index < -0.39 is 0 Å². The summed E-state index contributed by atoms with van der Waals surface area (Å²) >= 11 is 0. The molecule has 1 saturated heterocycles. The first-order chi connectivity index (χ1) is 16.0. The van der Waals surface area contributed by atoms with E-state index in [1.54, 1.807) is 0 Å². The highest BCUT2D eigenvalue weighted by Gasteiger charge is 2.60. The smallest absolute Gasteiger partial charge is 0.238 e. The second-order valence-electron chi connectivity index (χ2n) is 9.25. The largest absolute Gasteiger partial charge is 0.457 e. The van der Waals surface area contributed by atoms with Crippen molar-refractivity contribution in [1.29, 1.82) is 0 Å². The lowest BCUT2D eigenvalue weighted by molar-refractivity contribution is -0.123. The van der Waals surface area contributed by atoms with E-state index in [1.807, 2.05) is 73.1 Å². The van der Waals surface area contributed by atoms with E-state index in [0.29, 0.717) is 17.9 Å². The minimum Gasteiger partial charge on any atom is -0.457 e. The molecule has 2 fully saturated rings. The van der Waals surface area contributed by atoms with Gasteiger partial charge in [-0.3, -0.25) is 14.3 Å². The normalized spacial score (nSPS) is 25.2. The van der Waals surface area contributed by atoms with E-state index in [4.69, 9.17) is 9.84 Å². The average molecular weight is 440 g/mol. The number of rotatable bonds is 5. The van der Waals surface area contributed by atoms with Crippen LogP contribution in [0, 0.1) is 37.5 Å². The molecule has 1 aliphatic heterocycles. The monoisotopic (exact) mass is 439 g/mol. The number of hydrogen-bond donors (Lipinski definition) is 0. The molecule has 166 valence electrons. The molecule has 4 atom stereocenters. The van der Waals surface area contributed by atoms with Crippen LogP contribution in [0.3, 0.4) is 0 Å². The predicted octanol–water partition coefficient (Wildman–Crippen LogP) is 4.65. The van der Waals surface area contributed by atoms with Crippen molar-refractivity contribution in [3.63, 3.8) is 0 Å². The third-order valence-electron chi connectivity index (χ3n) is 7.25. The maximum Gasteiger partial charge on any atom is 0.238 e. The molecule has 0 N–H and O–H groups in total. The topological polar surface area (TPSA) is 64.4 Å². The number of nitrogens with zero attached hydrogens (tertiary/aromatic N) is 3. The van der Waals surface area contributed by atoms with Gasteiger partial charge in [-0.2, -0.15) is 5.10 Å². The van der Waals surface area contributed by atoms with E-state index >= 15 is 0 Å². The Morgan fingerprint density at radius 2 is 1.58 bits per heavy atom. The molecular formula is C27H25N3O3. The highest BCUT2D eigenvalue weighted by Crippen LogP contribution is 2.53. The van der Waals surface area contributed by atoms with E-state index in [0.717, 1.165) is 29.2 Å². The van der Waals surface area contributed by atoms with Gasteiger partial charge in [-0.05, 0) is 61.9 Å². The standard InChI is InChI=1S/C27H25N3O3/c1-16-25(30-26(31)23-19-11-12-20(14-19)24(23)27(30)32)17(2)29(28-16)15-18-7-6-10-22(13-18)33-21-8-4-3-5-9-21/h3-13,19-20,23-24H,14-15H2,1-2H3/t19-,20-,23-,24+/m0/s1. The zero-order valence-corrected chi connectivity index (χ0v) is 18.6. The predicted molar refractivity (Wildman–Crippen MR) is 124 cm³/mol. The van der Waals surface area contributed by atoms with Crippen molar-refractivity contribution in [2.45, 2.75) is 26.8 Å². The van der Waals surface area contributed by atoms with Crippen LogP contribution in [-0.2, 0) is 16.1 Å². The number of aryl methyl sites for hydroxylation is 1. The molecular weight excluding hydrogens is 414 g/mol. The fourth-order valence-corrected chi connectivity index (χ4v) is 5.79. The summed E-state index contributed by atoms with van der Waals surface area (Å²) in [7, 11) is 0. The Balaban J connectivity index is 1.27. The summed E-state index contributed by atoms with van der Waals surface area (Å²) in [6, 6.07) is 17.6. The fraction of sp³-hybridized carbons (Fsp3) is 0.296. The van der Waals surface area contributed by atoms with Gasteiger partial charge in [-0.1, -0.05) is 42.5 Å². The van der Waals surface area contributed by atoms with E-state index in [1.165, 1.54) is 4.90 Å². The number of ether oxygens (including phenoxy) is 1. The highest BCUT2D eigenvalue weighted by atomic mass is 16.5. The summed E-state index contributed by atoms with van der Waals surface area (Å²) in [5, 5.41) is 4.69. The first-order valence-corrected chi connectivity index (χ1v) is 11.4. The minimum absolute atomic E-state index is 0.0640. The number of amides is 2. The highest BCUT2D eigenvalue weighted by molar-refractivity contribution is 6.23. The van der Waals surface area contributed by atoms with Crippen molar-refractivity contribution >= 4 is 17.5 Å². The lowest BCUT2D eigenvalue weighted by atomic mass is 9.85. The average Bonchev–Trinajstić information content (AvgIpc) is 3.54. The number of allylic oxidation sites excluding steroid dienone is 2. The third kappa shape index (κ3) is 3.12. The Labute approximate surface area is 192 Å². The molecule has 2 aliphatic carbocycles. The van der Waals surface area contributed by atoms with Crippen molar-refractivity contribution in [1.82, 2.24) is 9.78 Å². The molecule has 33 heavy (non-hydrogen) atoms. The van der Waals surface area contributed by atoms with Gasteiger partial charge in [0.05, 0.1) is 35.5 Å². The van der Waals surface area contributed by atoms with Crippen molar-refractivity contribution < 1.29 is 14.3 Å². The first-order valence-electron chi connectivity index (χ1n) is 11.4. The molecule has 0 unspecified atom stereocenters. The number of para-hydroxylation sites is 1. The van der Waals surface area contributed by atoms with Crippen LogP contribution in [0.1, 0.15) is 23.4 Å². The molecule has 6 rings (SSSR count). The maximum atomic E-state index is 13.3. The second-order valence-corrected chi connectivity index (χ2v) is 9.25. The number of hydrogen-bond acceptors (Lipinski definition) is 4. The Morgan fingerprint density at radius 3 is 2.27 bits per heavy atom. The van der Waals surface area contributed by atoms with E-state index in [-0.39, 0.29) is 35.5 Å². The SMILES string of the molecule is Cc1nn(Cc2cccc(Oc3ccccc3)c2)c(C)c1N1C(=O)[C@@H]2[C@H](C1=O)[C@H]1C=C[C@H]2C1. The van der Waals surface area contributed by atoms with Crippen LogP contribution < -0.4 is 9.64 Å². The van der Waals surface area contributed by atoms with Gasteiger partial charge in [0.25, 0.3) is 0 Å². The summed E-state index contributed by atoms with van der Waals surface area (Å²) in [5.74, 6) is 1.39.